The maximum absolute atomic E-state index is 12.9. The van der Waals surface area contributed by atoms with Gasteiger partial charge in [0.05, 0.1) is 17.7 Å². The van der Waals surface area contributed by atoms with E-state index in [1.54, 1.807) is 37.1 Å². The molecule has 0 aliphatic rings. The standard InChI is InChI=1S/C19H20N4O4/c1-14-19(23(25)26)15(2)22(20-14)13-18(24)21(12-17-9-6-10-27-17)11-16-7-4-3-5-8-16/h3-10H,11-13H2,1-2H3. The van der Waals surface area contributed by atoms with E-state index in [0.29, 0.717) is 30.2 Å². The predicted octanol–water partition coefficient (Wildman–Crippen LogP) is 3.23. The Morgan fingerprint density at radius 2 is 1.93 bits per heavy atom. The van der Waals surface area contributed by atoms with Gasteiger partial charge in [-0.05, 0) is 31.5 Å². The highest BCUT2D eigenvalue weighted by atomic mass is 16.6. The molecular weight excluding hydrogens is 348 g/mol. The summed E-state index contributed by atoms with van der Waals surface area (Å²) >= 11 is 0. The smallest absolute Gasteiger partial charge is 0.312 e. The van der Waals surface area contributed by atoms with Crippen LogP contribution in [0.2, 0.25) is 0 Å². The van der Waals surface area contributed by atoms with E-state index in [9.17, 15) is 14.9 Å². The van der Waals surface area contributed by atoms with Crippen LogP contribution in [0.4, 0.5) is 5.69 Å². The number of furan rings is 1. The van der Waals surface area contributed by atoms with E-state index in [-0.39, 0.29) is 18.1 Å². The van der Waals surface area contributed by atoms with Crippen molar-refractivity contribution in [3.63, 3.8) is 0 Å². The molecule has 0 bridgehead atoms. The summed E-state index contributed by atoms with van der Waals surface area (Å²) in [5.74, 6) is 0.467. The molecule has 0 fully saturated rings. The summed E-state index contributed by atoms with van der Waals surface area (Å²) in [5.41, 5.74) is 1.59. The molecule has 0 aliphatic carbocycles. The number of benzene rings is 1. The van der Waals surface area contributed by atoms with E-state index in [0.717, 1.165) is 5.56 Å². The van der Waals surface area contributed by atoms with Gasteiger partial charge in [0.25, 0.3) is 0 Å². The van der Waals surface area contributed by atoms with E-state index >= 15 is 0 Å². The van der Waals surface area contributed by atoms with Crippen LogP contribution in [-0.2, 0) is 24.4 Å². The molecule has 0 saturated carbocycles. The molecule has 3 rings (SSSR count). The molecule has 8 heteroatoms. The van der Waals surface area contributed by atoms with Gasteiger partial charge in [0.2, 0.25) is 5.91 Å². The fourth-order valence-electron chi connectivity index (χ4n) is 2.96. The molecule has 8 nitrogen and oxygen atoms in total. The van der Waals surface area contributed by atoms with Crippen LogP contribution >= 0.6 is 0 Å². The van der Waals surface area contributed by atoms with Crippen molar-refractivity contribution in [2.45, 2.75) is 33.5 Å². The molecule has 3 aromatic rings. The number of amides is 1. The van der Waals surface area contributed by atoms with Gasteiger partial charge in [-0.25, -0.2) is 0 Å². The third kappa shape index (κ3) is 4.22. The number of hydrogen-bond acceptors (Lipinski definition) is 5. The monoisotopic (exact) mass is 368 g/mol. The molecule has 27 heavy (non-hydrogen) atoms. The van der Waals surface area contributed by atoms with Crippen molar-refractivity contribution in [3.05, 3.63) is 81.6 Å². The number of rotatable bonds is 7. The maximum atomic E-state index is 12.9. The molecule has 0 spiro atoms. The Labute approximate surface area is 156 Å². The zero-order valence-corrected chi connectivity index (χ0v) is 15.2. The van der Waals surface area contributed by atoms with Crippen molar-refractivity contribution in [3.8, 4) is 0 Å². The molecule has 1 aromatic carbocycles. The first-order chi connectivity index (χ1) is 13.0. The van der Waals surface area contributed by atoms with Crippen molar-refractivity contribution in [1.29, 1.82) is 0 Å². The van der Waals surface area contributed by atoms with Crippen LogP contribution in [0.15, 0.2) is 53.1 Å². The van der Waals surface area contributed by atoms with Gasteiger partial charge in [0.1, 0.15) is 23.7 Å². The summed E-state index contributed by atoms with van der Waals surface area (Å²) in [6.07, 6.45) is 1.56. The third-order valence-corrected chi connectivity index (χ3v) is 4.31. The molecule has 140 valence electrons. The minimum absolute atomic E-state index is 0.0524. The van der Waals surface area contributed by atoms with Crippen molar-refractivity contribution < 1.29 is 14.1 Å². The quantitative estimate of drug-likeness (QED) is 0.471. The van der Waals surface area contributed by atoms with Crippen LogP contribution in [0.3, 0.4) is 0 Å². The molecule has 2 heterocycles. The van der Waals surface area contributed by atoms with Crippen LogP contribution in [0.25, 0.3) is 0 Å². The molecule has 0 saturated heterocycles. The minimum Gasteiger partial charge on any atom is -0.467 e. The lowest BCUT2D eigenvalue weighted by Gasteiger charge is -2.22. The third-order valence-electron chi connectivity index (χ3n) is 4.31. The van der Waals surface area contributed by atoms with Crippen molar-refractivity contribution in [1.82, 2.24) is 14.7 Å². The van der Waals surface area contributed by atoms with E-state index in [1.807, 2.05) is 30.3 Å². The molecule has 2 aromatic heterocycles. The second-order valence-corrected chi connectivity index (χ2v) is 6.25. The molecule has 0 unspecified atom stereocenters. The van der Waals surface area contributed by atoms with Gasteiger partial charge in [-0.1, -0.05) is 30.3 Å². The Bertz CT molecular complexity index is 932. The highest BCUT2D eigenvalue weighted by molar-refractivity contribution is 5.76. The SMILES string of the molecule is Cc1nn(CC(=O)N(Cc2ccccc2)Cc2ccco2)c(C)c1[N+](=O)[O-]. The van der Waals surface area contributed by atoms with Crippen molar-refractivity contribution >= 4 is 11.6 Å². The van der Waals surface area contributed by atoms with Crippen LogP contribution in [0.5, 0.6) is 0 Å². The molecule has 0 radical (unpaired) electrons. The highest BCUT2D eigenvalue weighted by Gasteiger charge is 2.24. The van der Waals surface area contributed by atoms with E-state index < -0.39 is 4.92 Å². The van der Waals surface area contributed by atoms with Crippen LogP contribution < -0.4 is 0 Å². The van der Waals surface area contributed by atoms with E-state index in [2.05, 4.69) is 5.10 Å². The number of carbonyl (C=O) groups is 1. The van der Waals surface area contributed by atoms with Crippen molar-refractivity contribution in [2.24, 2.45) is 0 Å². The summed E-state index contributed by atoms with van der Waals surface area (Å²) in [6.45, 7) is 3.80. The Morgan fingerprint density at radius 1 is 1.19 bits per heavy atom. The first-order valence-corrected chi connectivity index (χ1v) is 8.48. The molecule has 0 atom stereocenters. The molecule has 0 N–H and O–H groups in total. The van der Waals surface area contributed by atoms with Gasteiger partial charge < -0.3 is 9.32 Å². The summed E-state index contributed by atoms with van der Waals surface area (Å²) in [4.78, 5) is 25.3. The van der Waals surface area contributed by atoms with Gasteiger partial charge in [0, 0.05) is 6.54 Å². The maximum Gasteiger partial charge on any atom is 0.312 e. The van der Waals surface area contributed by atoms with Crippen LogP contribution in [-0.4, -0.2) is 25.5 Å². The molecular formula is C19H20N4O4. The zero-order valence-electron chi connectivity index (χ0n) is 15.2. The zero-order chi connectivity index (χ0) is 19.4. The molecule has 1 amide bonds. The Kier molecular flexibility index (Phi) is 5.35. The summed E-state index contributed by atoms with van der Waals surface area (Å²) in [6, 6.07) is 13.2. The lowest BCUT2D eigenvalue weighted by Crippen LogP contribution is -2.33. The second-order valence-electron chi connectivity index (χ2n) is 6.25. The van der Waals surface area contributed by atoms with Gasteiger partial charge in [-0.15, -0.1) is 0 Å². The van der Waals surface area contributed by atoms with Gasteiger partial charge in [-0.2, -0.15) is 5.10 Å². The number of aryl methyl sites for hydroxylation is 1. The number of hydrogen-bond donors (Lipinski definition) is 0. The van der Waals surface area contributed by atoms with E-state index in [1.165, 1.54) is 4.68 Å². The first-order valence-electron chi connectivity index (χ1n) is 8.48. The van der Waals surface area contributed by atoms with Crippen LogP contribution in [0.1, 0.15) is 22.7 Å². The minimum atomic E-state index is -0.469. The van der Waals surface area contributed by atoms with Crippen molar-refractivity contribution in [2.75, 3.05) is 0 Å². The fourth-order valence-corrected chi connectivity index (χ4v) is 2.96. The first kappa shape index (κ1) is 18.4. The predicted molar refractivity (Wildman–Crippen MR) is 97.8 cm³/mol. The fraction of sp³-hybridized carbons (Fsp3) is 0.263. The Morgan fingerprint density at radius 3 is 2.52 bits per heavy atom. The highest BCUT2D eigenvalue weighted by Crippen LogP contribution is 2.22. The lowest BCUT2D eigenvalue weighted by molar-refractivity contribution is -0.386. The van der Waals surface area contributed by atoms with E-state index in [4.69, 9.17) is 4.42 Å². The average Bonchev–Trinajstić information content (AvgIpc) is 3.23. The molecule has 0 aliphatic heterocycles. The normalized spacial score (nSPS) is 10.7. The topological polar surface area (TPSA) is 94.4 Å². The number of nitro groups is 1. The Balaban J connectivity index is 1.82. The number of carbonyl (C=O) groups excluding carboxylic acids is 1. The van der Waals surface area contributed by atoms with Gasteiger partial charge in [0.15, 0.2) is 0 Å². The number of nitrogens with zero attached hydrogens (tertiary/aromatic N) is 4. The van der Waals surface area contributed by atoms with Crippen LogP contribution in [0, 0.1) is 24.0 Å². The largest absolute Gasteiger partial charge is 0.467 e. The Hall–Kier alpha value is -3.42. The van der Waals surface area contributed by atoms with Gasteiger partial charge in [-0.3, -0.25) is 19.6 Å². The lowest BCUT2D eigenvalue weighted by atomic mass is 10.2. The van der Waals surface area contributed by atoms with Gasteiger partial charge >= 0.3 is 5.69 Å². The second kappa shape index (κ2) is 7.86. The summed E-state index contributed by atoms with van der Waals surface area (Å²) in [7, 11) is 0. The summed E-state index contributed by atoms with van der Waals surface area (Å²) < 4.78 is 6.76. The summed E-state index contributed by atoms with van der Waals surface area (Å²) in [5, 5.41) is 15.3. The number of aromatic nitrogens is 2. The average molecular weight is 368 g/mol.